The van der Waals surface area contributed by atoms with E-state index in [0.717, 1.165) is 18.9 Å². The van der Waals surface area contributed by atoms with E-state index in [1.165, 1.54) is 12.8 Å². The van der Waals surface area contributed by atoms with Gasteiger partial charge in [0.15, 0.2) is 0 Å². The second-order valence-electron chi connectivity index (χ2n) is 4.97. The van der Waals surface area contributed by atoms with Gasteiger partial charge in [0, 0.05) is 25.7 Å². The van der Waals surface area contributed by atoms with Gasteiger partial charge in [-0.3, -0.25) is 4.79 Å². The number of nitrogens with zero attached hydrogens (tertiary/aromatic N) is 3. The van der Waals surface area contributed by atoms with Crippen LogP contribution in [0.4, 0.5) is 11.6 Å². The van der Waals surface area contributed by atoms with Crippen LogP contribution in [-0.2, 0) is 4.79 Å². The third-order valence-corrected chi connectivity index (χ3v) is 3.27. The van der Waals surface area contributed by atoms with Crippen LogP contribution >= 0.6 is 0 Å². The van der Waals surface area contributed by atoms with Crippen LogP contribution in [0.5, 0.6) is 0 Å². The van der Waals surface area contributed by atoms with Gasteiger partial charge in [0.2, 0.25) is 0 Å². The molecule has 19 heavy (non-hydrogen) atoms. The summed E-state index contributed by atoms with van der Waals surface area (Å²) >= 11 is 0. The first-order valence-electron chi connectivity index (χ1n) is 6.63. The molecule has 1 saturated heterocycles. The molecule has 0 spiro atoms. The Morgan fingerprint density at radius 2 is 2.16 bits per heavy atom. The summed E-state index contributed by atoms with van der Waals surface area (Å²) in [5.41, 5.74) is 0. The lowest BCUT2D eigenvalue weighted by molar-refractivity contribution is -0.140. The Labute approximate surface area is 112 Å². The maximum atomic E-state index is 10.8. The minimum atomic E-state index is -0.807. The fraction of sp³-hybridized carbons (Fsp3) is 0.615. The van der Waals surface area contributed by atoms with Crippen molar-refractivity contribution in [1.82, 2.24) is 9.97 Å². The molecular weight excluding hydrogens is 244 g/mol. The van der Waals surface area contributed by atoms with E-state index in [1.807, 2.05) is 13.0 Å². The Bertz CT molecular complexity index is 458. The summed E-state index contributed by atoms with van der Waals surface area (Å²) in [6.07, 6.45) is 2.39. The van der Waals surface area contributed by atoms with Crippen molar-refractivity contribution in [2.45, 2.75) is 26.7 Å². The number of aryl methyl sites for hydroxylation is 1. The third-order valence-electron chi connectivity index (χ3n) is 3.27. The minimum Gasteiger partial charge on any atom is -0.481 e. The van der Waals surface area contributed by atoms with Gasteiger partial charge < -0.3 is 15.3 Å². The lowest BCUT2D eigenvalue weighted by Crippen LogP contribution is -2.22. The Morgan fingerprint density at radius 1 is 1.47 bits per heavy atom. The Morgan fingerprint density at radius 3 is 2.79 bits per heavy atom. The normalized spacial score (nSPS) is 16.4. The number of nitrogens with one attached hydrogen (secondary N) is 1. The molecule has 1 unspecified atom stereocenters. The first kappa shape index (κ1) is 13.6. The Balaban J connectivity index is 2.06. The summed E-state index contributed by atoms with van der Waals surface area (Å²) in [5.74, 6) is 1.08. The predicted octanol–water partition coefficient (Wildman–Crippen LogP) is 1.52. The van der Waals surface area contributed by atoms with E-state index in [0.29, 0.717) is 18.2 Å². The number of carbonyl (C=O) groups is 1. The van der Waals surface area contributed by atoms with Crippen molar-refractivity contribution in [2.24, 2.45) is 5.92 Å². The van der Waals surface area contributed by atoms with Crippen LogP contribution < -0.4 is 10.2 Å². The number of carboxylic acids is 1. The van der Waals surface area contributed by atoms with Gasteiger partial charge in [0.05, 0.1) is 5.92 Å². The number of rotatable bonds is 5. The predicted molar refractivity (Wildman–Crippen MR) is 73.5 cm³/mol. The molecule has 0 saturated carbocycles. The molecular formula is C13H20N4O2. The van der Waals surface area contributed by atoms with Crippen LogP contribution in [0.15, 0.2) is 6.07 Å². The van der Waals surface area contributed by atoms with Crippen molar-refractivity contribution in [1.29, 1.82) is 0 Å². The van der Waals surface area contributed by atoms with Gasteiger partial charge in [-0.1, -0.05) is 6.92 Å². The number of aliphatic carboxylic acids is 1. The lowest BCUT2D eigenvalue weighted by atomic mass is 10.2. The van der Waals surface area contributed by atoms with Crippen molar-refractivity contribution in [3.63, 3.8) is 0 Å². The zero-order valence-electron chi connectivity index (χ0n) is 11.4. The van der Waals surface area contributed by atoms with E-state index < -0.39 is 11.9 Å². The smallest absolute Gasteiger partial charge is 0.308 e. The molecule has 1 atom stereocenters. The quantitative estimate of drug-likeness (QED) is 0.839. The average molecular weight is 264 g/mol. The van der Waals surface area contributed by atoms with Crippen LogP contribution in [-0.4, -0.2) is 40.7 Å². The molecule has 104 valence electrons. The molecule has 0 bridgehead atoms. The zero-order chi connectivity index (χ0) is 13.8. The van der Waals surface area contributed by atoms with Gasteiger partial charge in [-0.05, 0) is 19.8 Å². The van der Waals surface area contributed by atoms with E-state index in [-0.39, 0.29) is 0 Å². The highest BCUT2D eigenvalue weighted by Crippen LogP contribution is 2.20. The molecule has 6 heteroatoms. The lowest BCUT2D eigenvalue weighted by Gasteiger charge is -2.18. The largest absolute Gasteiger partial charge is 0.481 e. The molecule has 0 aromatic carbocycles. The monoisotopic (exact) mass is 264 g/mol. The number of carboxylic acid groups (broad SMARTS) is 1. The van der Waals surface area contributed by atoms with Crippen LogP contribution in [0.25, 0.3) is 0 Å². The van der Waals surface area contributed by atoms with E-state index in [1.54, 1.807) is 6.92 Å². The number of aromatic nitrogens is 2. The van der Waals surface area contributed by atoms with Gasteiger partial charge in [-0.15, -0.1) is 0 Å². The standard InChI is InChI=1S/C13H20N4O2/c1-9(13(18)19)8-14-11-7-12(16-10(2)15-11)17-5-3-4-6-17/h7,9H,3-6,8H2,1-2H3,(H,18,19)(H,14,15,16). The summed E-state index contributed by atoms with van der Waals surface area (Å²) in [4.78, 5) is 21.8. The maximum Gasteiger partial charge on any atom is 0.308 e. The molecule has 2 N–H and O–H groups in total. The summed E-state index contributed by atoms with van der Waals surface area (Å²) in [6.45, 7) is 5.95. The Kier molecular flexibility index (Phi) is 4.19. The summed E-state index contributed by atoms with van der Waals surface area (Å²) in [7, 11) is 0. The number of anilines is 2. The molecule has 1 fully saturated rings. The fourth-order valence-electron chi connectivity index (χ4n) is 2.10. The molecule has 1 aliphatic heterocycles. The maximum absolute atomic E-state index is 10.8. The van der Waals surface area contributed by atoms with Crippen LogP contribution in [0.2, 0.25) is 0 Å². The molecule has 1 aliphatic rings. The summed E-state index contributed by atoms with van der Waals surface area (Å²) < 4.78 is 0. The molecule has 0 aliphatic carbocycles. The molecule has 2 heterocycles. The topological polar surface area (TPSA) is 78.3 Å². The van der Waals surface area contributed by atoms with Crippen molar-refractivity contribution in [3.8, 4) is 0 Å². The number of hydrogen-bond acceptors (Lipinski definition) is 5. The van der Waals surface area contributed by atoms with Crippen LogP contribution in [0.3, 0.4) is 0 Å². The van der Waals surface area contributed by atoms with Gasteiger partial charge in [0.1, 0.15) is 17.5 Å². The van der Waals surface area contributed by atoms with E-state index in [4.69, 9.17) is 5.11 Å². The minimum absolute atomic E-state index is 0.366. The van der Waals surface area contributed by atoms with Gasteiger partial charge in [-0.2, -0.15) is 0 Å². The molecule has 6 nitrogen and oxygen atoms in total. The summed E-state index contributed by atoms with van der Waals surface area (Å²) in [5, 5.41) is 11.9. The molecule has 0 radical (unpaired) electrons. The van der Waals surface area contributed by atoms with Crippen LogP contribution in [0.1, 0.15) is 25.6 Å². The van der Waals surface area contributed by atoms with Crippen molar-refractivity contribution in [3.05, 3.63) is 11.9 Å². The highest BCUT2D eigenvalue weighted by Gasteiger charge is 2.16. The van der Waals surface area contributed by atoms with E-state index in [9.17, 15) is 4.79 Å². The van der Waals surface area contributed by atoms with Crippen molar-refractivity contribution >= 4 is 17.6 Å². The molecule has 2 rings (SSSR count). The van der Waals surface area contributed by atoms with E-state index in [2.05, 4.69) is 20.2 Å². The fourth-order valence-corrected chi connectivity index (χ4v) is 2.10. The first-order chi connectivity index (χ1) is 9.06. The first-order valence-corrected chi connectivity index (χ1v) is 6.63. The van der Waals surface area contributed by atoms with E-state index >= 15 is 0 Å². The second kappa shape index (κ2) is 5.86. The van der Waals surface area contributed by atoms with Crippen molar-refractivity contribution < 1.29 is 9.90 Å². The Hall–Kier alpha value is -1.85. The van der Waals surface area contributed by atoms with Gasteiger partial charge in [0.25, 0.3) is 0 Å². The zero-order valence-corrected chi connectivity index (χ0v) is 11.4. The highest BCUT2D eigenvalue weighted by molar-refractivity contribution is 5.70. The SMILES string of the molecule is Cc1nc(NCC(C)C(=O)O)cc(N2CCCC2)n1. The molecule has 1 aromatic heterocycles. The van der Waals surface area contributed by atoms with Crippen molar-refractivity contribution in [2.75, 3.05) is 29.9 Å². The highest BCUT2D eigenvalue weighted by atomic mass is 16.4. The number of hydrogen-bond donors (Lipinski definition) is 2. The average Bonchev–Trinajstić information content (AvgIpc) is 2.89. The molecule has 0 amide bonds. The van der Waals surface area contributed by atoms with Gasteiger partial charge in [-0.25, -0.2) is 9.97 Å². The van der Waals surface area contributed by atoms with Gasteiger partial charge >= 0.3 is 5.97 Å². The molecule has 1 aromatic rings. The third kappa shape index (κ3) is 3.56. The summed E-state index contributed by atoms with van der Waals surface area (Å²) in [6, 6.07) is 1.90. The van der Waals surface area contributed by atoms with Crippen LogP contribution in [0, 0.1) is 12.8 Å². The second-order valence-corrected chi connectivity index (χ2v) is 4.97.